The van der Waals surface area contributed by atoms with Gasteiger partial charge < -0.3 is 26.0 Å². The quantitative estimate of drug-likeness (QED) is 0.283. The third-order valence-electron chi connectivity index (χ3n) is 7.35. The number of piperidine rings is 1. The minimum atomic E-state index is -4.59. The summed E-state index contributed by atoms with van der Waals surface area (Å²) in [6.07, 6.45) is -0.157. The van der Waals surface area contributed by atoms with E-state index in [-0.39, 0.29) is 36.5 Å². The zero-order valence-electron chi connectivity index (χ0n) is 21.6. The van der Waals surface area contributed by atoms with Gasteiger partial charge in [-0.2, -0.15) is 18.4 Å². The second kappa shape index (κ2) is 12.4. The van der Waals surface area contributed by atoms with E-state index in [1.165, 1.54) is 12.1 Å². The summed E-state index contributed by atoms with van der Waals surface area (Å²) in [5.41, 5.74) is 6.14. The number of nitrogens with one attached hydrogen (secondary N) is 3. The van der Waals surface area contributed by atoms with Gasteiger partial charge in [0.2, 0.25) is 5.91 Å². The molecule has 8 nitrogen and oxygen atoms in total. The number of nitrogens with two attached hydrogens (primary N) is 1. The second-order valence-electron chi connectivity index (χ2n) is 10.1. The van der Waals surface area contributed by atoms with Crippen LogP contribution in [-0.2, 0) is 15.7 Å². The summed E-state index contributed by atoms with van der Waals surface area (Å²) in [5, 5.41) is 23.1. The Labute approximate surface area is 225 Å². The van der Waals surface area contributed by atoms with Gasteiger partial charge in [0.05, 0.1) is 23.3 Å². The van der Waals surface area contributed by atoms with Crippen LogP contribution < -0.4 is 16.4 Å². The van der Waals surface area contributed by atoms with E-state index in [1.807, 2.05) is 17.0 Å². The number of anilines is 2. The molecule has 1 saturated carbocycles. The molecule has 1 amide bonds. The molecule has 0 radical (unpaired) electrons. The summed E-state index contributed by atoms with van der Waals surface area (Å²) in [7, 11) is 0. The Balaban J connectivity index is 1.16. The first-order chi connectivity index (χ1) is 18.6. The van der Waals surface area contributed by atoms with Crippen LogP contribution in [0.2, 0.25) is 0 Å². The van der Waals surface area contributed by atoms with Gasteiger partial charge in [-0.3, -0.25) is 10.2 Å². The molecule has 4 rings (SSSR count). The van der Waals surface area contributed by atoms with Crippen LogP contribution in [0.1, 0.15) is 55.2 Å². The van der Waals surface area contributed by atoms with Gasteiger partial charge in [0.25, 0.3) is 0 Å². The fourth-order valence-corrected chi connectivity index (χ4v) is 5.11. The zero-order valence-corrected chi connectivity index (χ0v) is 21.6. The van der Waals surface area contributed by atoms with Crippen LogP contribution >= 0.6 is 0 Å². The lowest BCUT2D eigenvalue weighted by Gasteiger charge is -2.34. The fourth-order valence-electron chi connectivity index (χ4n) is 5.11. The van der Waals surface area contributed by atoms with Crippen molar-refractivity contribution in [2.75, 3.05) is 30.3 Å². The first kappa shape index (κ1) is 28.2. The van der Waals surface area contributed by atoms with E-state index in [4.69, 9.17) is 21.1 Å². The first-order valence-corrected chi connectivity index (χ1v) is 13.1. The number of alkyl halides is 3. The molecular formula is C28H33F3N6O2. The van der Waals surface area contributed by atoms with Crippen molar-refractivity contribution < 1.29 is 22.7 Å². The fraction of sp³-hybridized carbons (Fsp3) is 0.464. The number of likely N-dealkylation sites (tertiary alicyclic amines) is 1. The van der Waals surface area contributed by atoms with Gasteiger partial charge in [-0.1, -0.05) is 0 Å². The lowest BCUT2D eigenvalue weighted by molar-refractivity contribution is -0.140. The standard InChI is InChI=1S/C28H33F3N6O2/c29-28(30,31)25-15-23(6-3-19(25)16-32)36-21-7-9-24(10-8-21)39-17-26(38)37-13-11-22(12-14-37)35-20-4-1-18(2-5-20)27(33)34/h1-6,15,21-22,24,35-36H,7-14,17H2,(H3,33,34). The number of benzene rings is 2. The van der Waals surface area contributed by atoms with Crippen LogP contribution in [0.15, 0.2) is 42.5 Å². The summed E-state index contributed by atoms with van der Waals surface area (Å²) < 4.78 is 45.6. The van der Waals surface area contributed by atoms with Crippen molar-refractivity contribution in [1.82, 2.24) is 4.90 Å². The number of amidine groups is 1. The molecule has 2 aromatic rings. The maximum absolute atomic E-state index is 13.2. The molecular weight excluding hydrogens is 509 g/mol. The SMILES string of the molecule is N#Cc1ccc(NC2CCC(OCC(=O)N3CCC(Nc4ccc(C(=N)N)cc4)CC3)CC2)cc1C(F)(F)F. The molecule has 0 spiro atoms. The normalized spacial score (nSPS) is 20.2. The van der Waals surface area contributed by atoms with Crippen LogP contribution in [0.3, 0.4) is 0 Å². The van der Waals surface area contributed by atoms with Gasteiger partial charge >= 0.3 is 6.18 Å². The van der Waals surface area contributed by atoms with Crippen molar-refractivity contribution in [1.29, 1.82) is 10.7 Å². The summed E-state index contributed by atoms with van der Waals surface area (Å²) in [4.78, 5) is 14.5. The number of carbonyl (C=O) groups excluding carboxylic acids is 1. The minimum Gasteiger partial charge on any atom is -0.384 e. The molecule has 208 valence electrons. The summed E-state index contributed by atoms with van der Waals surface area (Å²) in [5.74, 6) is 0.00290. The Bertz CT molecular complexity index is 1200. The van der Waals surface area contributed by atoms with E-state index < -0.39 is 17.3 Å². The van der Waals surface area contributed by atoms with Gasteiger partial charge in [-0.25, -0.2) is 0 Å². The molecule has 2 aliphatic rings. The number of halogens is 3. The largest absolute Gasteiger partial charge is 0.417 e. The minimum absolute atomic E-state index is 0.000220. The predicted molar refractivity (Wildman–Crippen MR) is 142 cm³/mol. The van der Waals surface area contributed by atoms with Gasteiger partial charge in [-0.15, -0.1) is 0 Å². The van der Waals surface area contributed by atoms with Gasteiger partial charge in [0.1, 0.15) is 12.4 Å². The lowest BCUT2D eigenvalue weighted by atomic mass is 9.92. The van der Waals surface area contributed by atoms with Crippen molar-refractivity contribution in [3.05, 3.63) is 59.2 Å². The molecule has 0 atom stereocenters. The number of rotatable bonds is 8. The summed E-state index contributed by atoms with van der Waals surface area (Å²) in [6.45, 7) is 1.32. The van der Waals surface area contributed by atoms with Gasteiger partial charge in [0, 0.05) is 42.1 Å². The maximum atomic E-state index is 13.2. The third-order valence-corrected chi connectivity index (χ3v) is 7.35. The molecule has 2 fully saturated rings. The summed E-state index contributed by atoms with van der Waals surface area (Å²) in [6, 6.07) is 12.9. The Hall–Kier alpha value is -3.78. The van der Waals surface area contributed by atoms with E-state index in [1.54, 1.807) is 18.2 Å². The molecule has 0 unspecified atom stereocenters. The smallest absolute Gasteiger partial charge is 0.384 e. The van der Waals surface area contributed by atoms with Crippen molar-refractivity contribution in [2.24, 2.45) is 5.73 Å². The highest BCUT2D eigenvalue weighted by Crippen LogP contribution is 2.34. The Morgan fingerprint density at radius 2 is 1.59 bits per heavy atom. The number of hydrogen-bond donors (Lipinski definition) is 4. The highest BCUT2D eigenvalue weighted by atomic mass is 19.4. The Morgan fingerprint density at radius 3 is 2.18 bits per heavy atom. The van der Waals surface area contributed by atoms with E-state index in [9.17, 15) is 18.0 Å². The average Bonchev–Trinajstić information content (AvgIpc) is 2.92. The molecule has 1 aliphatic carbocycles. The number of nitrogens with zero attached hydrogens (tertiary/aromatic N) is 2. The van der Waals surface area contributed by atoms with Crippen LogP contribution in [0.25, 0.3) is 0 Å². The number of nitriles is 1. The van der Waals surface area contributed by atoms with Crippen LogP contribution in [0.5, 0.6) is 0 Å². The van der Waals surface area contributed by atoms with Crippen molar-refractivity contribution >= 4 is 23.1 Å². The molecule has 1 aliphatic heterocycles. The highest BCUT2D eigenvalue weighted by Gasteiger charge is 2.34. The van der Waals surface area contributed by atoms with Gasteiger partial charge in [0.15, 0.2) is 0 Å². The predicted octanol–water partition coefficient (Wildman–Crippen LogP) is 4.70. The average molecular weight is 543 g/mol. The Kier molecular flexibility index (Phi) is 8.97. The molecule has 39 heavy (non-hydrogen) atoms. The molecule has 2 aromatic carbocycles. The monoisotopic (exact) mass is 542 g/mol. The van der Waals surface area contributed by atoms with Crippen LogP contribution in [-0.4, -0.2) is 54.5 Å². The number of ether oxygens (including phenoxy) is 1. The van der Waals surface area contributed by atoms with Crippen LogP contribution in [0, 0.1) is 16.7 Å². The van der Waals surface area contributed by atoms with Crippen LogP contribution in [0.4, 0.5) is 24.5 Å². The van der Waals surface area contributed by atoms with Crippen molar-refractivity contribution in [2.45, 2.75) is 62.9 Å². The molecule has 0 aromatic heterocycles. The first-order valence-electron chi connectivity index (χ1n) is 13.1. The van der Waals surface area contributed by atoms with Crippen molar-refractivity contribution in [3.63, 3.8) is 0 Å². The van der Waals surface area contributed by atoms with E-state index >= 15 is 0 Å². The molecule has 1 saturated heterocycles. The number of hydrogen-bond acceptors (Lipinski definition) is 6. The maximum Gasteiger partial charge on any atom is 0.417 e. The molecule has 0 bridgehead atoms. The third kappa shape index (κ3) is 7.63. The topological polar surface area (TPSA) is 127 Å². The zero-order chi connectivity index (χ0) is 28.0. The van der Waals surface area contributed by atoms with E-state index in [2.05, 4.69) is 10.6 Å². The number of amides is 1. The van der Waals surface area contributed by atoms with E-state index in [0.717, 1.165) is 24.6 Å². The second-order valence-corrected chi connectivity index (χ2v) is 10.1. The molecule has 1 heterocycles. The summed E-state index contributed by atoms with van der Waals surface area (Å²) >= 11 is 0. The number of nitrogen functional groups attached to an aromatic ring is 1. The number of carbonyl (C=O) groups is 1. The lowest BCUT2D eigenvalue weighted by Crippen LogP contribution is -2.44. The van der Waals surface area contributed by atoms with Gasteiger partial charge in [-0.05, 0) is 81.0 Å². The molecule has 11 heteroatoms. The Morgan fingerprint density at radius 1 is 1.00 bits per heavy atom. The highest BCUT2D eigenvalue weighted by molar-refractivity contribution is 5.95. The van der Waals surface area contributed by atoms with E-state index in [0.29, 0.717) is 50.0 Å². The molecule has 5 N–H and O–H groups in total. The van der Waals surface area contributed by atoms with Crippen molar-refractivity contribution in [3.8, 4) is 6.07 Å².